The number of rotatable bonds is 6. The number of guanidine groups is 1. The van der Waals surface area contributed by atoms with Crippen LogP contribution in [0.5, 0.6) is 0 Å². The summed E-state index contributed by atoms with van der Waals surface area (Å²) in [6, 6.07) is 0.570. The summed E-state index contributed by atoms with van der Waals surface area (Å²) in [5, 5.41) is 3.11. The fourth-order valence-electron chi connectivity index (χ4n) is 0.955. The van der Waals surface area contributed by atoms with Crippen LogP contribution in [0.1, 0.15) is 27.7 Å². The summed E-state index contributed by atoms with van der Waals surface area (Å²) in [4.78, 5) is 6.50. The number of nitrogens with one attached hydrogen (secondary N) is 1. The molecule has 0 radical (unpaired) electrons. The normalized spacial score (nSPS) is 12.1. The molecular formula is C11H27IN4. The Morgan fingerprint density at radius 1 is 1.31 bits per heavy atom. The van der Waals surface area contributed by atoms with Crippen molar-refractivity contribution in [3.63, 3.8) is 0 Å². The molecule has 0 saturated heterocycles. The van der Waals surface area contributed by atoms with Crippen molar-refractivity contribution >= 4 is 29.9 Å². The minimum Gasteiger partial charge on any atom is -0.370 e. The molecule has 0 aromatic carbocycles. The van der Waals surface area contributed by atoms with Gasteiger partial charge in [0.2, 0.25) is 0 Å². The lowest BCUT2D eigenvalue weighted by Gasteiger charge is -2.21. The molecule has 0 aromatic rings. The average molecular weight is 342 g/mol. The molecule has 98 valence electrons. The minimum absolute atomic E-state index is 0. The summed E-state index contributed by atoms with van der Waals surface area (Å²) in [5.74, 6) is 1.12. The van der Waals surface area contributed by atoms with E-state index in [0.717, 1.165) is 19.6 Å². The van der Waals surface area contributed by atoms with Crippen molar-refractivity contribution in [2.75, 3.05) is 26.7 Å². The summed E-state index contributed by atoms with van der Waals surface area (Å²) in [7, 11) is 2.10. The molecule has 4 nitrogen and oxygen atoms in total. The summed E-state index contributed by atoms with van der Waals surface area (Å²) in [6.45, 7) is 11.2. The van der Waals surface area contributed by atoms with Gasteiger partial charge in [0.1, 0.15) is 0 Å². The van der Waals surface area contributed by atoms with Crippen LogP contribution in [-0.2, 0) is 0 Å². The van der Waals surface area contributed by atoms with Crippen LogP contribution in [0.25, 0.3) is 0 Å². The van der Waals surface area contributed by atoms with E-state index in [0.29, 0.717) is 17.9 Å². The Morgan fingerprint density at radius 2 is 1.88 bits per heavy atom. The number of nitrogens with two attached hydrogens (primary N) is 1. The largest absolute Gasteiger partial charge is 0.370 e. The van der Waals surface area contributed by atoms with E-state index in [4.69, 9.17) is 5.73 Å². The molecule has 0 aliphatic carbocycles. The first-order valence-electron chi connectivity index (χ1n) is 5.67. The minimum atomic E-state index is 0. The lowest BCUT2D eigenvalue weighted by molar-refractivity contribution is 0.278. The first kappa shape index (κ1) is 18.3. The first-order valence-corrected chi connectivity index (χ1v) is 5.67. The smallest absolute Gasteiger partial charge is 0.188 e. The van der Waals surface area contributed by atoms with E-state index in [1.807, 2.05) is 0 Å². The number of nitrogens with zero attached hydrogens (tertiary/aromatic N) is 2. The van der Waals surface area contributed by atoms with Gasteiger partial charge in [-0.15, -0.1) is 24.0 Å². The van der Waals surface area contributed by atoms with Crippen LogP contribution in [0, 0.1) is 5.92 Å². The van der Waals surface area contributed by atoms with Gasteiger partial charge in [-0.2, -0.15) is 0 Å². The Balaban J connectivity index is 0. The van der Waals surface area contributed by atoms with E-state index in [9.17, 15) is 0 Å². The zero-order chi connectivity index (χ0) is 11.8. The fraction of sp³-hybridized carbons (Fsp3) is 0.909. The molecule has 0 rings (SSSR count). The number of hydrogen-bond acceptors (Lipinski definition) is 2. The SMILES string of the molecule is CC(C)CN=C(N)NCCN(C)C(C)C.I. The zero-order valence-corrected chi connectivity index (χ0v) is 13.5. The molecule has 0 bridgehead atoms. The van der Waals surface area contributed by atoms with Gasteiger partial charge in [0, 0.05) is 25.7 Å². The monoisotopic (exact) mass is 342 g/mol. The molecule has 0 aliphatic heterocycles. The Kier molecular flexibility index (Phi) is 11.6. The molecule has 5 heteroatoms. The lowest BCUT2D eigenvalue weighted by Crippen LogP contribution is -2.39. The highest BCUT2D eigenvalue weighted by Gasteiger charge is 2.01. The van der Waals surface area contributed by atoms with Crippen LogP contribution in [0.4, 0.5) is 0 Å². The number of halogens is 1. The predicted octanol–water partition coefficient (Wildman–Crippen LogP) is 1.50. The maximum atomic E-state index is 5.70. The van der Waals surface area contributed by atoms with E-state index in [-0.39, 0.29) is 24.0 Å². The first-order chi connectivity index (χ1) is 6.93. The standard InChI is InChI=1S/C11H26N4.HI/c1-9(2)8-14-11(12)13-6-7-15(5)10(3)4;/h9-10H,6-8H2,1-5H3,(H3,12,13,14);1H. The van der Waals surface area contributed by atoms with Crippen LogP contribution < -0.4 is 11.1 Å². The number of likely N-dealkylation sites (N-methyl/N-ethyl adjacent to an activating group) is 1. The molecule has 0 aliphatic rings. The van der Waals surface area contributed by atoms with Gasteiger partial charge < -0.3 is 16.0 Å². The van der Waals surface area contributed by atoms with E-state index in [2.05, 4.69) is 50.0 Å². The maximum Gasteiger partial charge on any atom is 0.188 e. The van der Waals surface area contributed by atoms with Gasteiger partial charge >= 0.3 is 0 Å². The highest BCUT2D eigenvalue weighted by Crippen LogP contribution is 1.91. The molecule has 0 atom stereocenters. The summed E-state index contributed by atoms with van der Waals surface area (Å²) < 4.78 is 0. The van der Waals surface area contributed by atoms with Crippen molar-refractivity contribution in [3.05, 3.63) is 0 Å². The van der Waals surface area contributed by atoms with Gasteiger partial charge in [-0.25, -0.2) is 0 Å². The van der Waals surface area contributed by atoms with Crippen molar-refractivity contribution in [2.24, 2.45) is 16.6 Å². The van der Waals surface area contributed by atoms with Gasteiger partial charge in [0.25, 0.3) is 0 Å². The van der Waals surface area contributed by atoms with Crippen molar-refractivity contribution in [1.29, 1.82) is 0 Å². The van der Waals surface area contributed by atoms with Crippen molar-refractivity contribution in [3.8, 4) is 0 Å². The van der Waals surface area contributed by atoms with E-state index >= 15 is 0 Å². The van der Waals surface area contributed by atoms with Crippen LogP contribution in [0.2, 0.25) is 0 Å². The second-order valence-electron chi connectivity index (χ2n) is 4.62. The van der Waals surface area contributed by atoms with Gasteiger partial charge in [-0.3, -0.25) is 4.99 Å². The van der Waals surface area contributed by atoms with E-state index in [1.54, 1.807) is 0 Å². The number of aliphatic imine (C=N–C) groups is 1. The second-order valence-corrected chi connectivity index (χ2v) is 4.62. The van der Waals surface area contributed by atoms with Gasteiger partial charge in [0.05, 0.1) is 0 Å². The third-order valence-corrected chi connectivity index (χ3v) is 2.28. The average Bonchev–Trinajstić information content (AvgIpc) is 2.14. The Morgan fingerprint density at radius 3 is 2.31 bits per heavy atom. The van der Waals surface area contributed by atoms with Gasteiger partial charge in [-0.1, -0.05) is 13.8 Å². The molecule has 0 aromatic heterocycles. The van der Waals surface area contributed by atoms with Crippen LogP contribution in [0.15, 0.2) is 4.99 Å². The summed E-state index contributed by atoms with van der Waals surface area (Å²) in [6.07, 6.45) is 0. The van der Waals surface area contributed by atoms with E-state index < -0.39 is 0 Å². The van der Waals surface area contributed by atoms with Crippen LogP contribution >= 0.6 is 24.0 Å². The lowest BCUT2D eigenvalue weighted by atomic mass is 10.2. The Labute approximate surface area is 117 Å². The zero-order valence-electron chi connectivity index (χ0n) is 11.2. The Bertz CT molecular complexity index is 192. The molecule has 0 amide bonds. The molecule has 0 unspecified atom stereocenters. The van der Waals surface area contributed by atoms with Crippen molar-refractivity contribution < 1.29 is 0 Å². The third-order valence-electron chi connectivity index (χ3n) is 2.28. The third kappa shape index (κ3) is 10.5. The summed E-state index contributed by atoms with van der Waals surface area (Å²) >= 11 is 0. The fourth-order valence-corrected chi connectivity index (χ4v) is 0.955. The molecule has 0 fully saturated rings. The topological polar surface area (TPSA) is 53.6 Å². The van der Waals surface area contributed by atoms with Crippen molar-refractivity contribution in [1.82, 2.24) is 10.2 Å². The molecule has 0 spiro atoms. The highest BCUT2D eigenvalue weighted by molar-refractivity contribution is 14.0. The molecular weight excluding hydrogens is 315 g/mol. The maximum absolute atomic E-state index is 5.70. The van der Waals surface area contributed by atoms with Gasteiger partial charge in [-0.05, 0) is 26.8 Å². The number of hydrogen-bond donors (Lipinski definition) is 2. The van der Waals surface area contributed by atoms with Crippen LogP contribution in [0.3, 0.4) is 0 Å². The quantitative estimate of drug-likeness (QED) is 0.437. The van der Waals surface area contributed by atoms with E-state index in [1.165, 1.54) is 0 Å². The van der Waals surface area contributed by atoms with Crippen molar-refractivity contribution in [2.45, 2.75) is 33.7 Å². The molecule has 0 heterocycles. The summed E-state index contributed by atoms with van der Waals surface area (Å²) in [5.41, 5.74) is 5.70. The molecule has 16 heavy (non-hydrogen) atoms. The second kappa shape index (κ2) is 10.1. The predicted molar refractivity (Wildman–Crippen MR) is 82.5 cm³/mol. The molecule has 3 N–H and O–H groups in total. The Hall–Kier alpha value is -0.0400. The van der Waals surface area contributed by atoms with Crippen LogP contribution in [-0.4, -0.2) is 43.6 Å². The molecule has 0 saturated carbocycles. The highest BCUT2D eigenvalue weighted by atomic mass is 127. The van der Waals surface area contributed by atoms with Gasteiger partial charge in [0.15, 0.2) is 5.96 Å².